The number of carbonyl (C=O) groups is 1. The van der Waals surface area contributed by atoms with Gasteiger partial charge in [0, 0.05) is 5.02 Å². The molecule has 1 aromatic carbocycles. The van der Waals surface area contributed by atoms with Crippen molar-refractivity contribution in [1.29, 1.82) is 0 Å². The third-order valence-electron chi connectivity index (χ3n) is 4.82. The molecule has 1 aromatic rings. The molecule has 0 aromatic heterocycles. The van der Waals surface area contributed by atoms with Crippen LogP contribution in [0.2, 0.25) is 5.02 Å². The van der Waals surface area contributed by atoms with Crippen molar-refractivity contribution in [2.45, 2.75) is 46.0 Å². The number of benzene rings is 1. The molecular formula is C17H23ClO2. The maximum atomic E-state index is 11.8. The Labute approximate surface area is 126 Å². The van der Waals surface area contributed by atoms with Gasteiger partial charge in [0.25, 0.3) is 0 Å². The van der Waals surface area contributed by atoms with Gasteiger partial charge < -0.3 is 5.11 Å². The molecule has 1 aliphatic carbocycles. The van der Waals surface area contributed by atoms with Crippen molar-refractivity contribution < 1.29 is 9.90 Å². The van der Waals surface area contributed by atoms with Crippen LogP contribution in [0.25, 0.3) is 0 Å². The fourth-order valence-electron chi connectivity index (χ4n) is 3.36. The average molecular weight is 295 g/mol. The first kappa shape index (κ1) is 15.4. The van der Waals surface area contributed by atoms with Gasteiger partial charge in [0.15, 0.2) is 0 Å². The lowest BCUT2D eigenvalue weighted by Crippen LogP contribution is -2.38. The zero-order valence-electron chi connectivity index (χ0n) is 12.2. The molecule has 2 rings (SSSR count). The van der Waals surface area contributed by atoms with Crippen LogP contribution in [0.3, 0.4) is 0 Å². The maximum Gasteiger partial charge on any atom is 0.309 e. The second-order valence-electron chi connectivity index (χ2n) is 6.47. The third-order valence-corrected chi connectivity index (χ3v) is 5.05. The molecule has 0 heterocycles. The highest BCUT2D eigenvalue weighted by atomic mass is 35.5. The summed E-state index contributed by atoms with van der Waals surface area (Å²) in [6.45, 7) is 4.46. The van der Waals surface area contributed by atoms with Gasteiger partial charge in [0.05, 0.1) is 5.41 Å². The van der Waals surface area contributed by atoms with Crippen LogP contribution in [0.4, 0.5) is 0 Å². The van der Waals surface area contributed by atoms with Gasteiger partial charge in [0.1, 0.15) is 0 Å². The Hall–Kier alpha value is -1.02. The van der Waals surface area contributed by atoms with Crippen molar-refractivity contribution >= 4 is 17.6 Å². The minimum Gasteiger partial charge on any atom is -0.481 e. The molecule has 2 nitrogen and oxygen atoms in total. The van der Waals surface area contributed by atoms with E-state index in [9.17, 15) is 9.90 Å². The summed E-state index contributed by atoms with van der Waals surface area (Å²) in [7, 11) is 0. The van der Waals surface area contributed by atoms with E-state index in [0.29, 0.717) is 23.3 Å². The Morgan fingerprint density at radius 3 is 2.55 bits per heavy atom. The van der Waals surface area contributed by atoms with Crippen molar-refractivity contribution in [2.24, 2.45) is 17.3 Å². The van der Waals surface area contributed by atoms with Crippen molar-refractivity contribution in [3.8, 4) is 0 Å². The quantitative estimate of drug-likeness (QED) is 0.866. The van der Waals surface area contributed by atoms with Crippen LogP contribution >= 0.6 is 11.6 Å². The Morgan fingerprint density at radius 2 is 2.05 bits per heavy atom. The fourth-order valence-corrected chi connectivity index (χ4v) is 3.58. The normalized spacial score (nSPS) is 26.7. The molecular weight excluding hydrogens is 272 g/mol. The first-order chi connectivity index (χ1) is 9.43. The van der Waals surface area contributed by atoms with Crippen LogP contribution < -0.4 is 0 Å². The number of hydrogen-bond donors (Lipinski definition) is 1. The molecule has 0 aliphatic heterocycles. The van der Waals surface area contributed by atoms with Crippen LogP contribution in [0, 0.1) is 17.3 Å². The summed E-state index contributed by atoms with van der Waals surface area (Å²) in [6.07, 6.45) is 4.18. The Morgan fingerprint density at radius 1 is 1.40 bits per heavy atom. The van der Waals surface area contributed by atoms with E-state index in [0.717, 1.165) is 31.2 Å². The van der Waals surface area contributed by atoms with Gasteiger partial charge in [-0.25, -0.2) is 0 Å². The Balaban J connectivity index is 2.14. The van der Waals surface area contributed by atoms with Crippen molar-refractivity contribution in [1.82, 2.24) is 0 Å². The number of carboxylic acids is 1. The highest BCUT2D eigenvalue weighted by Gasteiger charge is 2.42. The number of aliphatic carboxylic acids is 1. The molecule has 0 bridgehead atoms. The average Bonchev–Trinajstić information content (AvgIpc) is 2.39. The molecule has 20 heavy (non-hydrogen) atoms. The van der Waals surface area contributed by atoms with E-state index in [1.165, 1.54) is 0 Å². The van der Waals surface area contributed by atoms with Crippen LogP contribution in [-0.2, 0) is 11.2 Å². The Kier molecular flexibility index (Phi) is 4.74. The summed E-state index contributed by atoms with van der Waals surface area (Å²) < 4.78 is 0. The SMILES string of the molecule is CC(C)C1CCC(Cc2cccc(Cl)c2)(C(=O)O)CC1. The van der Waals surface area contributed by atoms with Crippen molar-refractivity contribution in [2.75, 3.05) is 0 Å². The lowest BCUT2D eigenvalue weighted by molar-refractivity contribution is -0.151. The summed E-state index contributed by atoms with van der Waals surface area (Å²) in [5.41, 5.74) is 0.429. The zero-order chi connectivity index (χ0) is 14.8. The lowest BCUT2D eigenvalue weighted by atomic mass is 9.65. The minimum atomic E-state index is -0.653. The van der Waals surface area contributed by atoms with E-state index in [4.69, 9.17) is 11.6 Å². The van der Waals surface area contributed by atoms with Crippen LogP contribution in [0.15, 0.2) is 24.3 Å². The highest BCUT2D eigenvalue weighted by Crippen LogP contribution is 2.44. The molecule has 0 amide bonds. The number of rotatable bonds is 4. The molecule has 1 saturated carbocycles. The smallest absolute Gasteiger partial charge is 0.309 e. The molecule has 0 saturated heterocycles. The number of hydrogen-bond acceptors (Lipinski definition) is 1. The van der Waals surface area contributed by atoms with E-state index < -0.39 is 11.4 Å². The number of halogens is 1. The monoisotopic (exact) mass is 294 g/mol. The first-order valence-corrected chi connectivity index (χ1v) is 7.78. The molecule has 1 aliphatic rings. The van der Waals surface area contributed by atoms with Gasteiger partial charge in [-0.2, -0.15) is 0 Å². The summed E-state index contributed by atoms with van der Waals surface area (Å²) in [5.74, 6) is 0.662. The summed E-state index contributed by atoms with van der Waals surface area (Å²) in [4.78, 5) is 11.8. The third kappa shape index (κ3) is 3.35. The lowest BCUT2D eigenvalue weighted by Gasteiger charge is -2.38. The minimum absolute atomic E-state index is 0.591. The van der Waals surface area contributed by atoms with Crippen LogP contribution in [0.1, 0.15) is 45.1 Å². The van der Waals surface area contributed by atoms with Crippen LogP contribution in [0.5, 0.6) is 0 Å². The molecule has 1 N–H and O–H groups in total. The maximum absolute atomic E-state index is 11.8. The van der Waals surface area contributed by atoms with E-state index in [2.05, 4.69) is 13.8 Å². The van der Waals surface area contributed by atoms with Crippen molar-refractivity contribution in [3.05, 3.63) is 34.9 Å². The van der Waals surface area contributed by atoms with Gasteiger partial charge in [0.2, 0.25) is 0 Å². The predicted molar refractivity (Wildman–Crippen MR) is 82.0 cm³/mol. The van der Waals surface area contributed by atoms with E-state index in [-0.39, 0.29) is 0 Å². The molecule has 0 unspecified atom stereocenters. The molecule has 110 valence electrons. The van der Waals surface area contributed by atoms with Crippen molar-refractivity contribution in [3.63, 3.8) is 0 Å². The molecule has 0 spiro atoms. The Bertz CT molecular complexity index is 474. The summed E-state index contributed by atoms with van der Waals surface area (Å²) in [5, 5.41) is 10.4. The highest BCUT2D eigenvalue weighted by molar-refractivity contribution is 6.30. The van der Waals surface area contributed by atoms with E-state index in [1.807, 2.05) is 24.3 Å². The zero-order valence-corrected chi connectivity index (χ0v) is 13.0. The van der Waals surface area contributed by atoms with Crippen LogP contribution in [-0.4, -0.2) is 11.1 Å². The largest absolute Gasteiger partial charge is 0.481 e. The first-order valence-electron chi connectivity index (χ1n) is 7.41. The molecule has 1 fully saturated rings. The van der Waals surface area contributed by atoms with Gasteiger partial charge in [-0.05, 0) is 61.6 Å². The molecule has 0 radical (unpaired) electrons. The molecule has 0 atom stereocenters. The van der Waals surface area contributed by atoms with Gasteiger partial charge in [-0.15, -0.1) is 0 Å². The van der Waals surface area contributed by atoms with Gasteiger partial charge in [-0.3, -0.25) is 4.79 Å². The number of carboxylic acid groups (broad SMARTS) is 1. The summed E-state index contributed by atoms with van der Waals surface area (Å²) >= 11 is 6.00. The summed E-state index contributed by atoms with van der Waals surface area (Å²) in [6, 6.07) is 7.59. The standard InChI is InChI=1S/C17H23ClO2/c1-12(2)14-6-8-17(9-7-14,16(19)20)11-13-4-3-5-15(18)10-13/h3-5,10,12,14H,6-9,11H2,1-2H3,(H,19,20). The second-order valence-corrected chi connectivity index (χ2v) is 6.91. The predicted octanol–water partition coefficient (Wildman–Crippen LogP) is 4.80. The topological polar surface area (TPSA) is 37.3 Å². The second kappa shape index (κ2) is 6.17. The fraction of sp³-hybridized carbons (Fsp3) is 0.588. The van der Waals surface area contributed by atoms with E-state index >= 15 is 0 Å². The van der Waals surface area contributed by atoms with E-state index in [1.54, 1.807) is 0 Å². The molecule has 3 heteroatoms. The van der Waals surface area contributed by atoms with Gasteiger partial charge >= 0.3 is 5.97 Å². The van der Waals surface area contributed by atoms with Gasteiger partial charge in [-0.1, -0.05) is 37.6 Å².